The highest BCUT2D eigenvalue weighted by Gasteiger charge is 2.32. The average molecular weight is 278 g/mol. The lowest BCUT2D eigenvalue weighted by molar-refractivity contribution is 0.156. The third-order valence-electron chi connectivity index (χ3n) is 4.44. The van der Waals surface area contributed by atoms with E-state index in [-0.39, 0.29) is 6.17 Å². The van der Waals surface area contributed by atoms with Crippen molar-refractivity contribution in [1.82, 2.24) is 9.80 Å². The van der Waals surface area contributed by atoms with Crippen LogP contribution in [-0.2, 0) is 6.54 Å². The zero-order valence-corrected chi connectivity index (χ0v) is 13.0. The van der Waals surface area contributed by atoms with E-state index in [1.165, 1.54) is 22.5 Å². The summed E-state index contributed by atoms with van der Waals surface area (Å²) in [6, 6.07) is 21.4. The Bertz CT molecular complexity index is 631. The molecule has 0 saturated heterocycles. The zero-order chi connectivity index (χ0) is 14.8. The van der Waals surface area contributed by atoms with Gasteiger partial charge in [-0.3, -0.25) is 0 Å². The summed E-state index contributed by atoms with van der Waals surface area (Å²) < 4.78 is 0. The largest absolute Gasteiger partial charge is 0.353 e. The molecule has 0 aromatic heterocycles. The smallest absolute Gasteiger partial charge is 0.128 e. The van der Waals surface area contributed by atoms with Gasteiger partial charge in [-0.15, -0.1) is 0 Å². The molecular formula is C19H22N2. The van der Waals surface area contributed by atoms with Gasteiger partial charge in [-0.25, -0.2) is 0 Å². The molecule has 1 aliphatic rings. The number of allylic oxidation sites excluding steroid dienone is 2. The molecule has 0 saturated carbocycles. The molecule has 2 nitrogen and oxygen atoms in total. The molecule has 0 amide bonds. The van der Waals surface area contributed by atoms with E-state index in [0.29, 0.717) is 0 Å². The van der Waals surface area contributed by atoms with Gasteiger partial charge < -0.3 is 9.80 Å². The van der Waals surface area contributed by atoms with Gasteiger partial charge in [-0.2, -0.15) is 0 Å². The van der Waals surface area contributed by atoms with Crippen molar-refractivity contribution in [3.8, 4) is 0 Å². The minimum atomic E-state index is 0.284. The number of benzene rings is 2. The summed E-state index contributed by atoms with van der Waals surface area (Å²) in [7, 11) is 2.18. The van der Waals surface area contributed by atoms with Crippen LogP contribution in [-0.4, -0.2) is 16.8 Å². The third kappa shape index (κ3) is 2.54. The van der Waals surface area contributed by atoms with Crippen LogP contribution in [0.1, 0.15) is 31.1 Å². The van der Waals surface area contributed by atoms with Crippen molar-refractivity contribution >= 4 is 0 Å². The minimum absolute atomic E-state index is 0.284. The molecule has 3 rings (SSSR count). The second-order valence-electron chi connectivity index (χ2n) is 5.68. The van der Waals surface area contributed by atoms with Crippen LogP contribution in [0.4, 0.5) is 0 Å². The number of nitrogens with zero attached hydrogens (tertiary/aromatic N) is 2. The fraction of sp³-hybridized carbons (Fsp3) is 0.263. The first-order valence-corrected chi connectivity index (χ1v) is 7.44. The summed E-state index contributed by atoms with van der Waals surface area (Å²) >= 11 is 0. The Morgan fingerprint density at radius 1 is 0.810 bits per heavy atom. The van der Waals surface area contributed by atoms with E-state index >= 15 is 0 Å². The lowest BCUT2D eigenvalue weighted by atomic mass is 10.1. The zero-order valence-electron chi connectivity index (χ0n) is 13.0. The van der Waals surface area contributed by atoms with Gasteiger partial charge in [-0.1, -0.05) is 60.7 Å². The molecule has 0 aliphatic carbocycles. The maximum Gasteiger partial charge on any atom is 0.128 e. The highest BCUT2D eigenvalue weighted by molar-refractivity contribution is 5.28. The van der Waals surface area contributed by atoms with E-state index in [4.69, 9.17) is 0 Å². The highest BCUT2D eigenvalue weighted by atomic mass is 15.4. The molecule has 0 bridgehead atoms. The van der Waals surface area contributed by atoms with Crippen LogP contribution in [0.15, 0.2) is 72.1 Å². The quantitative estimate of drug-likeness (QED) is 0.822. The van der Waals surface area contributed by atoms with Crippen molar-refractivity contribution in [2.75, 3.05) is 7.05 Å². The van der Waals surface area contributed by atoms with Gasteiger partial charge in [0.05, 0.1) is 0 Å². The second kappa shape index (κ2) is 5.65. The van der Waals surface area contributed by atoms with Gasteiger partial charge in [0.15, 0.2) is 0 Å². The number of hydrogen-bond donors (Lipinski definition) is 0. The summed E-state index contributed by atoms with van der Waals surface area (Å²) in [6.07, 6.45) is 0.284. The van der Waals surface area contributed by atoms with E-state index in [1.807, 2.05) is 0 Å². The maximum absolute atomic E-state index is 2.49. The molecule has 1 unspecified atom stereocenters. The Morgan fingerprint density at radius 3 is 2.00 bits per heavy atom. The average Bonchev–Trinajstić information content (AvgIpc) is 2.74. The lowest BCUT2D eigenvalue weighted by Gasteiger charge is -2.33. The van der Waals surface area contributed by atoms with Crippen LogP contribution < -0.4 is 0 Å². The van der Waals surface area contributed by atoms with Gasteiger partial charge in [0.2, 0.25) is 0 Å². The number of hydrogen-bond acceptors (Lipinski definition) is 2. The normalized spacial score (nSPS) is 18.5. The Balaban J connectivity index is 1.94. The summed E-state index contributed by atoms with van der Waals surface area (Å²) in [6.45, 7) is 5.36. The van der Waals surface area contributed by atoms with Crippen LogP contribution in [0.25, 0.3) is 0 Å². The fourth-order valence-electron chi connectivity index (χ4n) is 3.05. The molecule has 21 heavy (non-hydrogen) atoms. The van der Waals surface area contributed by atoms with Crippen LogP contribution in [0.2, 0.25) is 0 Å². The molecule has 1 atom stereocenters. The molecule has 0 radical (unpaired) electrons. The monoisotopic (exact) mass is 278 g/mol. The van der Waals surface area contributed by atoms with Crippen LogP contribution in [0.3, 0.4) is 0 Å². The second-order valence-corrected chi connectivity index (χ2v) is 5.68. The Morgan fingerprint density at radius 2 is 1.38 bits per heavy atom. The first-order valence-electron chi connectivity index (χ1n) is 7.44. The van der Waals surface area contributed by atoms with Gasteiger partial charge in [0.1, 0.15) is 6.17 Å². The van der Waals surface area contributed by atoms with Gasteiger partial charge in [0, 0.05) is 25.0 Å². The van der Waals surface area contributed by atoms with Crippen LogP contribution >= 0.6 is 0 Å². The summed E-state index contributed by atoms with van der Waals surface area (Å²) in [4.78, 5) is 4.85. The van der Waals surface area contributed by atoms with Gasteiger partial charge >= 0.3 is 0 Å². The predicted molar refractivity (Wildman–Crippen MR) is 87.3 cm³/mol. The molecule has 2 aromatic rings. The molecule has 2 heteroatoms. The van der Waals surface area contributed by atoms with E-state index < -0.39 is 0 Å². The molecule has 0 fully saturated rings. The van der Waals surface area contributed by atoms with E-state index in [9.17, 15) is 0 Å². The maximum atomic E-state index is 2.49. The molecule has 0 N–H and O–H groups in total. The van der Waals surface area contributed by atoms with Crippen LogP contribution in [0.5, 0.6) is 0 Å². The van der Waals surface area contributed by atoms with Gasteiger partial charge in [-0.05, 0) is 25.0 Å². The van der Waals surface area contributed by atoms with E-state index in [2.05, 4.69) is 91.4 Å². The molecule has 1 aliphatic heterocycles. The summed E-state index contributed by atoms with van der Waals surface area (Å²) in [5, 5.41) is 0. The van der Waals surface area contributed by atoms with E-state index in [1.54, 1.807) is 0 Å². The molecule has 2 aromatic carbocycles. The lowest BCUT2D eigenvalue weighted by Crippen LogP contribution is -2.30. The minimum Gasteiger partial charge on any atom is -0.353 e. The number of rotatable bonds is 3. The molecule has 108 valence electrons. The van der Waals surface area contributed by atoms with Crippen LogP contribution in [0, 0.1) is 0 Å². The topological polar surface area (TPSA) is 6.48 Å². The van der Waals surface area contributed by atoms with Crippen molar-refractivity contribution in [1.29, 1.82) is 0 Å². The fourth-order valence-corrected chi connectivity index (χ4v) is 3.05. The Labute approximate surface area is 127 Å². The molecular weight excluding hydrogens is 256 g/mol. The first kappa shape index (κ1) is 13.7. The Hall–Kier alpha value is -2.22. The SMILES string of the molecule is CC1=C(C)N(Cc2ccccc2)C(c2ccccc2)N1C. The van der Waals surface area contributed by atoms with E-state index in [0.717, 1.165) is 6.54 Å². The van der Waals surface area contributed by atoms with Gasteiger partial charge in [0.25, 0.3) is 0 Å². The molecule has 0 spiro atoms. The predicted octanol–water partition coefficient (Wildman–Crippen LogP) is 4.38. The standard InChI is InChI=1S/C19H22N2/c1-15-16(2)21(14-17-10-6-4-7-11-17)19(20(15)3)18-12-8-5-9-13-18/h4-13,19H,14H2,1-3H3. The summed E-state index contributed by atoms with van der Waals surface area (Å²) in [5.41, 5.74) is 5.39. The highest BCUT2D eigenvalue weighted by Crippen LogP contribution is 2.38. The van der Waals surface area contributed by atoms with Crippen molar-refractivity contribution in [3.63, 3.8) is 0 Å². The van der Waals surface area contributed by atoms with Crippen molar-refractivity contribution in [2.45, 2.75) is 26.6 Å². The molecule has 1 heterocycles. The Kier molecular flexibility index (Phi) is 3.70. The third-order valence-corrected chi connectivity index (χ3v) is 4.44. The van der Waals surface area contributed by atoms with Crippen molar-refractivity contribution in [3.05, 3.63) is 83.2 Å². The van der Waals surface area contributed by atoms with Crippen molar-refractivity contribution < 1.29 is 0 Å². The summed E-state index contributed by atoms with van der Waals surface area (Å²) in [5.74, 6) is 0. The first-order chi connectivity index (χ1) is 10.2. The van der Waals surface area contributed by atoms with Crippen molar-refractivity contribution in [2.24, 2.45) is 0 Å².